The molecule has 2 amide bonds. The number of rotatable bonds is 19. The minimum Gasteiger partial charge on any atom is -0.444 e. The molecule has 0 bridgehead atoms. The zero-order valence-corrected chi connectivity index (χ0v) is 31.9. The molecule has 0 saturated carbocycles. The summed E-state index contributed by atoms with van der Waals surface area (Å²) in [7, 11) is 0. The second kappa shape index (κ2) is 22.3. The van der Waals surface area contributed by atoms with Gasteiger partial charge in [-0.1, -0.05) is 10.3 Å². The number of azide groups is 1. The van der Waals surface area contributed by atoms with Gasteiger partial charge < -0.3 is 53.9 Å². The van der Waals surface area contributed by atoms with Gasteiger partial charge in [0.25, 0.3) is 0 Å². The van der Waals surface area contributed by atoms with Crippen LogP contribution >= 0.6 is 0 Å². The summed E-state index contributed by atoms with van der Waals surface area (Å²) in [5.74, 6) is -0.247. The van der Waals surface area contributed by atoms with Crippen LogP contribution in [0.15, 0.2) is 28.2 Å². The Bertz CT molecular complexity index is 1430. The predicted molar refractivity (Wildman–Crippen MR) is 190 cm³/mol. The molecule has 7 N–H and O–H groups in total. The Kier molecular flexibility index (Phi) is 18.2. The number of hydrazine groups is 2. The summed E-state index contributed by atoms with van der Waals surface area (Å²) in [4.78, 5) is 31.8. The number of aliphatic hydroxyl groups is 3. The molecule has 0 spiro atoms. The topological polar surface area (TPSA) is 303 Å². The van der Waals surface area contributed by atoms with Crippen molar-refractivity contribution in [1.29, 1.82) is 0 Å². The number of ether oxygens (including phenoxy) is 7. The SMILES string of the molecule is CC(C)(C)OC(=O)NC(=NCC1=CN([C@H]2C(OCCn3cc(COCCOCCOCCN=[N+]=[N-])nn3)OC(CO)[C@@H](O)[C@@H]2O)NN1)NC(=O)OC(C)(C)C. The molecule has 0 aliphatic carbocycles. The van der Waals surface area contributed by atoms with E-state index in [0.717, 1.165) is 0 Å². The highest BCUT2D eigenvalue weighted by Gasteiger charge is 2.48. The summed E-state index contributed by atoms with van der Waals surface area (Å²) >= 11 is 0. The van der Waals surface area contributed by atoms with Gasteiger partial charge in [-0.3, -0.25) is 15.6 Å². The van der Waals surface area contributed by atoms with Crippen LogP contribution in [-0.4, -0.2) is 155 Å². The van der Waals surface area contributed by atoms with E-state index in [-0.39, 0.29) is 38.8 Å². The van der Waals surface area contributed by atoms with Gasteiger partial charge in [0.2, 0.25) is 5.96 Å². The number of nitrogens with one attached hydrogen (secondary N) is 4. The van der Waals surface area contributed by atoms with E-state index in [1.165, 1.54) is 15.9 Å². The maximum absolute atomic E-state index is 12.5. The smallest absolute Gasteiger partial charge is 0.414 e. The minimum atomic E-state index is -1.46. The molecule has 3 heterocycles. The van der Waals surface area contributed by atoms with Crippen molar-refractivity contribution < 1.29 is 58.1 Å². The number of amides is 2. The normalized spacial score (nSPS) is 21.2. The van der Waals surface area contributed by atoms with Gasteiger partial charge in [-0.15, -0.1) is 10.6 Å². The molecule has 1 saturated heterocycles. The van der Waals surface area contributed by atoms with Gasteiger partial charge >= 0.3 is 12.2 Å². The average molecular weight is 787 g/mol. The summed E-state index contributed by atoms with van der Waals surface area (Å²) in [6, 6.07) is -1.03. The van der Waals surface area contributed by atoms with Crippen LogP contribution in [0.3, 0.4) is 0 Å². The number of hydrogen-bond acceptors (Lipinski definition) is 19. The van der Waals surface area contributed by atoms with Gasteiger partial charge in [0.1, 0.15) is 41.2 Å². The van der Waals surface area contributed by atoms with Gasteiger partial charge in [0.15, 0.2) is 6.29 Å². The van der Waals surface area contributed by atoms with E-state index < -0.39 is 60.6 Å². The lowest BCUT2D eigenvalue weighted by atomic mass is 9.96. The molecule has 1 aromatic rings. The van der Waals surface area contributed by atoms with Gasteiger partial charge in [0, 0.05) is 17.7 Å². The Morgan fingerprint density at radius 3 is 2.24 bits per heavy atom. The Balaban J connectivity index is 1.55. The Morgan fingerprint density at radius 1 is 0.982 bits per heavy atom. The standard InChI is InChI=1S/C31H54N12O12/c1-30(2,3)54-28(47)35-27(36-29(48)55-31(4,5)6)33-15-20-17-43(41-37-20)23-25(46)24(45)22(18-44)53-26(23)52-10-8-42-16-21(38-40-42)19-51-14-13-50-12-11-49-9-7-34-39-32/h16-17,22-26,37,41,44-46H,7-15,18-19H2,1-6H3,(H2,33,35,36,47,48)/t22?,23-,24-,25-,26?/m1/s1. The van der Waals surface area contributed by atoms with Crippen molar-refractivity contribution in [1.82, 2.24) is 41.6 Å². The first-order chi connectivity index (χ1) is 26.1. The minimum absolute atomic E-state index is 0.0444. The van der Waals surface area contributed by atoms with Crippen molar-refractivity contribution in [2.24, 2.45) is 10.1 Å². The lowest BCUT2D eigenvalue weighted by molar-refractivity contribution is -0.287. The molecular weight excluding hydrogens is 732 g/mol. The number of nitrogens with zero attached hydrogens (tertiary/aromatic N) is 8. The first-order valence-electron chi connectivity index (χ1n) is 17.5. The summed E-state index contributed by atoms with van der Waals surface area (Å²) in [5, 5.41) is 49.3. The van der Waals surface area contributed by atoms with Gasteiger partial charge in [-0.05, 0) is 47.1 Å². The summed E-state index contributed by atoms with van der Waals surface area (Å²) in [6.45, 7) is 11.9. The second-order valence-electron chi connectivity index (χ2n) is 14.0. The second-order valence-corrected chi connectivity index (χ2v) is 14.0. The number of aromatic nitrogens is 3. The lowest BCUT2D eigenvalue weighted by Gasteiger charge is -2.45. The van der Waals surface area contributed by atoms with Crippen LogP contribution in [0.2, 0.25) is 0 Å². The third kappa shape index (κ3) is 16.9. The fourth-order valence-electron chi connectivity index (χ4n) is 4.73. The van der Waals surface area contributed by atoms with E-state index in [2.05, 4.69) is 46.9 Å². The highest BCUT2D eigenvalue weighted by molar-refractivity contribution is 6.01. The zero-order valence-electron chi connectivity index (χ0n) is 31.9. The number of carbonyl (C=O) groups excluding carboxylic acids is 2. The van der Waals surface area contributed by atoms with Crippen molar-refractivity contribution in [2.75, 3.05) is 59.3 Å². The van der Waals surface area contributed by atoms with Crippen LogP contribution in [0.4, 0.5) is 9.59 Å². The molecule has 0 radical (unpaired) electrons. The van der Waals surface area contributed by atoms with Crippen LogP contribution in [-0.2, 0) is 46.3 Å². The number of hydrogen-bond donors (Lipinski definition) is 7. The van der Waals surface area contributed by atoms with E-state index in [1.54, 1.807) is 47.7 Å². The molecule has 1 aromatic heterocycles. The van der Waals surface area contributed by atoms with Crippen LogP contribution in [0, 0.1) is 0 Å². The van der Waals surface area contributed by atoms with E-state index in [1.807, 2.05) is 0 Å². The molecule has 5 atom stereocenters. The number of carbonyl (C=O) groups is 2. The van der Waals surface area contributed by atoms with Crippen molar-refractivity contribution in [2.45, 2.75) is 96.5 Å². The predicted octanol–water partition coefficient (Wildman–Crippen LogP) is -0.466. The van der Waals surface area contributed by atoms with Crippen LogP contribution in [0.25, 0.3) is 10.4 Å². The van der Waals surface area contributed by atoms with Crippen molar-refractivity contribution >= 4 is 18.1 Å². The molecule has 24 nitrogen and oxygen atoms in total. The maximum atomic E-state index is 12.5. The summed E-state index contributed by atoms with van der Waals surface area (Å²) in [5.41, 5.74) is 13.3. The maximum Gasteiger partial charge on any atom is 0.414 e. The first kappa shape index (κ1) is 45.0. The molecular formula is C31H54N12O12. The summed E-state index contributed by atoms with van der Waals surface area (Å²) < 4.78 is 40.2. The molecule has 2 aliphatic rings. The molecule has 3 rings (SSSR count). The van der Waals surface area contributed by atoms with Gasteiger partial charge in [-0.25, -0.2) is 19.3 Å². The molecule has 2 unspecified atom stereocenters. The van der Waals surface area contributed by atoms with Crippen LogP contribution < -0.4 is 21.6 Å². The van der Waals surface area contributed by atoms with E-state index >= 15 is 0 Å². The first-order valence-corrected chi connectivity index (χ1v) is 17.5. The van der Waals surface area contributed by atoms with Crippen molar-refractivity contribution in [3.05, 3.63) is 34.2 Å². The fourth-order valence-corrected chi connectivity index (χ4v) is 4.73. The van der Waals surface area contributed by atoms with E-state index in [0.29, 0.717) is 44.4 Å². The van der Waals surface area contributed by atoms with Crippen molar-refractivity contribution in [3.63, 3.8) is 0 Å². The van der Waals surface area contributed by atoms with Crippen LogP contribution in [0.5, 0.6) is 0 Å². The molecule has 24 heteroatoms. The quantitative estimate of drug-likeness (QED) is 0.0233. The number of alkyl carbamates (subject to hydrolysis) is 2. The Hall–Kier alpha value is -4.36. The number of guanidine groups is 1. The third-order valence-electron chi connectivity index (χ3n) is 7.04. The highest BCUT2D eigenvalue weighted by Crippen LogP contribution is 2.27. The number of aliphatic imine (C=N–C) groups is 1. The van der Waals surface area contributed by atoms with E-state index in [4.69, 9.17) is 38.7 Å². The van der Waals surface area contributed by atoms with E-state index in [9.17, 15) is 24.9 Å². The fraction of sp³-hybridized carbons (Fsp3) is 0.774. The molecule has 1 fully saturated rings. The average Bonchev–Trinajstić information content (AvgIpc) is 3.75. The lowest BCUT2D eigenvalue weighted by Crippen LogP contribution is -2.66. The molecule has 55 heavy (non-hydrogen) atoms. The molecule has 0 aromatic carbocycles. The summed E-state index contributed by atoms with van der Waals surface area (Å²) in [6.07, 6.45) is -3.69. The van der Waals surface area contributed by atoms with Crippen molar-refractivity contribution in [3.8, 4) is 0 Å². The molecule has 310 valence electrons. The zero-order chi connectivity index (χ0) is 40.4. The van der Waals surface area contributed by atoms with Gasteiger partial charge in [-0.2, -0.15) is 0 Å². The third-order valence-corrected chi connectivity index (χ3v) is 7.04. The van der Waals surface area contributed by atoms with Crippen LogP contribution in [0.1, 0.15) is 47.2 Å². The molecule has 2 aliphatic heterocycles. The van der Waals surface area contributed by atoms with Gasteiger partial charge in [0.05, 0.1) is 77.8 Å². The Labute approximate surface area is 318 Å². The highest BCUT2D eigenvalue weighted by atomic mass is 16.7. The Morgan fingerprint density at radius 2 is 1.62 bits per heavy atom. The number of aliphatic hydroxyl groups excluding tert-OH is 3. The largest absolute Gasteiger partial charge is 0.444 e. The monoisotopic (exact) mass is 786 g/mol.